The van der Waals surface area contributed by atoms with E-state index in [9.17, 15) is 0 Å². The highest BCUT2D eigenvalue weighted by atomic mass is 15.2. The van der Waals surface area contributed by atoms with E-state index in [2.05, 4.69) is 296 Å². The molecule has 6 heterocycles. The molecule has 0 aliphatic carbocycles. The van der Waals surface area contributed by atoms with Crippen LogP contribution in [-0.2, 0) is 0 Å². The lowest BCUT2D eigenvalue weighted by Crippen LogP contribution is -2.65. The minimum absolute atomic E-state index is 0.0755. The molecule has 6 nitrogen and oxygen atoms in total. The lowest BCUT2D eigenvalue weighted by molar-refractivity contribution is 1.22. The highest BCUT2D eigenvalue weighted by molar-refractivity contribution is 7.04. The van der Waals surface area contributed by atoms with Crippen molar-refractivity contribution >= 4 is 159 Å². The van der Waals surface area contributed by atoms with Crippen LogP contribution in [0.5, 0.6) is 0 Å². The average Bonchev–Trinajstić information content (AvgIpc) is 2.03. The average molecular weight is 991 g/mol. The fourth-order valence-corrected chi connectivity index (χ4v) is 14.6. The number of rotatable bonds is 6. The van der Waals surface area contributed by atoms with Crippen molar-refractivity contribution in [3.05, 3.63) is 267 Å². The van der Waals surface area contributed by atoms with Gasteiger partial charge in [-0.2, -0.15) is 0 Å². The van der Waals surface area contributed by atoms with E-state index < -0.39 is 0 Å². The Morgan fingerprint density at radius 1 is 0.179 bits per heavy atom. The van der Waals surface area contributed by atoms with Crippen molar-refractivity contribution in [2.24, 2.45) is 0 Å². The first kappa shape index (κ1) is 42.1. The van der Waals surface area contributed by atoms with Crippen molar-refractivity contribution < 1.29 is 0 Å². The molecule has 0 bridgehead atoms. The highest BCUT2D eigenvalue weighted by Crippen LogP contribution is 2.57. The monoisotopic (exact) mass is 990 g/mol. The van der Waals surface area contributed by atoms with Crippen molar-refractivity contribution in [2.45, 2.75) is 0 Å². The summed E-state index contributed by atoms with van der Waals surface area (Å²) < 4.78 is 0. The quantitative estimate of drug-likeness (QED) is 0.154. The van der Waals surface area contributed by atoms with Gasteiger partial charge in [-0.05, 0) is 166 Å². The molecule has 8 heteroatoms. The lowest BCUT2D eigenvalue weighted by atomic mass is 9.31. The van der Waals surface area contributed by atoms with Crippen LogP contribution in [0.4, 0.5) is 102 Å². The number of hydrogen-bond acceptors (Lipinski definition) is 6. The fourth-order valence-electron chi connectivity index (χ4n) is 14.6. The molecular formula is C70H44B2N6. The van der Waals surface area contributed by atoms with Crippen LogP contribution in [0.15, 0.2) is 267 Å². The number of nitrogens with zero attached hydrogens (tertiary/aromatic N) is 6. The molecule has 12 aromatic carbocycles. The zero-order chi connectivity index (χ0) is 50.7. The number of benzene rings is 12. The third-order valence-corrected chi connectivity index (χ3v) is 17.3. The Kier molecular flexibility index (Phi) is 8.47. The Labute approximate surface area is 453 Å². The predicted molar refractivity (Wildman–Crippen MR) is 328 cm³/mol. The molecule has 0 radical (unpaired) electrons. The Morgan fingerprint density at radius 2 is 0.385 bits per heavy atom. The molecule has 6 aliphatic heterocycles. The smallest absolute Gasteiger partial charge is 0.257 e. The van der Waals surface area contributed by atoms with E-state index in [1.54, 1.807) is 0 Å². The SMILES string of the molecule is c1ccc(N2c3cccc4c3B3c5c2cccc5N(c2ccccc2)c2c3c(cc3c5c6c(cc23)N(c2ccccc2)c2cccc3c2B6c2c(cccc2N5c2ccccc2)N3c2ccccc2)N4c2ccccc2)cc1. The molecule has 0 atom stereocenters. The van der Waals surface area contributed by atoms with Gasteiger partial charge in [-0.1, -0.05) is 133 Å². The first-order chi connectivity index (χ1) is 38.8. The summed E-state index contributed by atoms with van der Waals surface area (Å²) in [6.45, 7) is -0.151. The Morgan fingerprint density at radius 3 is 0.628 bits per heavy atom. The maximum atomic E-state index is 2.61. The molecule has 0 unspecified atom stereocenters. The van der Waals surface area contributed by atoms with Crippen LogP contribution in [0.2, 0.25) is 0 Å². The van der Waals surface area contributed by atoms with Crippen molar-refractivity contribution in [2.75, 3.05) is 29.4 Å². The lowest BCUT2D eigenvalue weighted by Gasteiger charge is -2.51. The molecular weight excluding hydrogens is 946 g/mol. The van der Waals surface area contributed by atoms with Gasteiger partial charge in [0.05, 0.1) is 11.4 Å². The van der Waals surface area contributed by atoms with E-state index >= 15 is 0 Å². The molecule has 0 N–H and O–H groups in total. The Bertz CT molecular complexity index is 4160. The summed E-state index contributed by atoms with van der Waals surface area (Å²) in [6.07, 6.45) is 0. The molecule has 0 saturated carbocycles. The summed E-state index contributed by atoms with van der Waals surface area (Å²) in [6, 6.07) is 99.4. The number of hydrogen-bond donors (Lipinski definition) is 0. The van der Waals surface area contributed by atoms with Gasteiger partial charge in [-0.15, -0.1) is 0 Å². The van der Waals surface area contributed by atoms with Crippen LogP contribution < -0.4 is 62.2 Å². The summed E-state index contributed by atoms with van der Waals surface area (Å²) in [7, 11) is 0. The van der Waals surface area contributed by atoms with Gasteiger partial charge >= 0.3 is 0 Å². The largest absolute Gasteiger partial charge is 0.311 e. The van der Waals surface area contributed by atoms with Crippen LogP contribution >= 0.6 is 0 Å². The third kappa shape index (κ3) is 5.43. The number of fused-ring (bicyclic) bond motifs is 3. The molecule has 0 saturated heterocycles. The van der Waals surface area contributed by atoms with Crippen LogP contribution in [0.25, 0.3) is 10.8 Å². The molecule has 12 aromatic rings. The zero-order valence-electron chi connectivity index (χ0n) is 42.2. The molecule has 360 valence electrons. The zero-order valence-corrected chi connectivity index (χ0v) is 42.2. The Balaban J connectivity index is 1.05. The van der Waals surface area contributed by atoms with Crippen molar-refractivity contribution in [3.8, 4) is 0 Å². The number of anilines is 18. The molecule has 18 rings (SSSR count). The Hall–Kier alpha value is -10.2. The second-order valence-corrected chi connectivity index (χ2v) is 21.1. The van der Waals surface area contributed by atoms with Gasteiger partial charge in [0.2, 0.25) is 0 Å². The maximum Gasteiger partial charge on any atom is 0.257 e. The van der Waals surface area contributed by atoms with Crippen LogP contribution in [-0.4, -0.2) is 13.4 Å². The summed E-state index contributed by atoms with van der Waals surface area (Å²) >= 11 is 0. The maximum absolute atomic E-state index is 2.61. The van der Waals surface area contributed by atoms with Crippen LogP contribution in [0.3, 0.4) is 0 Å². The topological polar surface area (TPSA) is 19.4 Å². The summed E-state index contributed by atoms with van der Waals surface area (Å²) in [4.78, 5) is 15.4. The van der Waals surface area contributed by atoms with Gasteiger partial charge in [0.25, 0.3) is 13.4 Å². The third-order valence-electron chi connectivity index (χ3n) is 17.3. The predicted octanol–water partition coefficient (Wildman–Crippen LogP) is 14.6. The van der Waals surface area contributed by atoms with Crippen molar-refractivity contribution in [1.82, 2.24) is 0 Å². The molecule has 0 aromatic heterocycles. The molecule has 6 aliphatic rings. The van der Waals surface area contributed by atoms with Gasteiger partial charge in [-0.3, -0.25) is 0 Å². The van der Waals surface area contributed by atoms with Gasteiger partial charge in [0, 0.05) is 102 Å². The summed E-state index contributed by atoms with van der Waals surface area (Å²) in [5.41, 5.74) is 29.0. The van der Waals surface area contributed by atoms with Crippen molar-refractivity contribution in [1.29, 1.82) is 0 Å². The molecule has 78 heavy (non-hydrogen) atoms. The molecule has 0 spiro atoms. The summed E-state index contributed by atoms with van der Waals surface area (Å²) in [5.74, 6) is 0. The molecule has 0 fully saturated rings. The number of para-hydroxylation sites is 6. The van der Waals surface area contributed by atoms with E-state index in [0.29, 0.717) is 0 Å². The van der Waals surface area contributed by atoms with E-state index in [1.807, 2.05) is 0 Å². The minimum Gasteiger partial charge on any atom is -0.311 e. The standard InChI is InChI=1S/C70H44B2N6/c1-7-23-45(24-8-1)73-53-35-19-39-57-63(53)71-65-55(73)37-21-41-59(65)77(49-31-15-5-16-32-49)69-51-44-62-68-70(52(51)43-61(67(69)71)75(57)47-27-11-3-12-28-47)78(50-33-17-6-18-34-50)60-42-22-38-56-66(60)72(68)64-54(74(56)46-25-9-2-10-26-46)36-20-40-58(64)76(62)48-29-13-4-14-30-48/h1-44H. The normalized spacial score (nSPS) is 14.2. The first-order valence-corrected chi connectivity index (χ1v) is 27.1. The van der Waals surface area contributed by atoms with Crippen molar-refractivity contribution in [3.63, 3.8) is 0 Å². The molecule has 0 amide bonds. The van der Waals surface area contributed by atoms with Crippen LogP contribution in [0, 0.1) is 0 Å². The van der Waals surface area contributed by atoms with Gasteiger partial charge < -0.3 is 29.4 Å². The van der Waals surface area contributed by atoms with Crippen LogP contribution in [0.1, 0.15) is 0 Å². The second kappa shape index (κ2) is 15.7. The highest BCUT2D eigenvalue weighted by Gasteiger charge is 2.53. The van der Waals surface area contributed by atoms with E-state index in [4.69, 9.17) is 0 Å². The van der Waals surface area contributed by atoms with E-state index in [-0.39, 0.29) is 13.4 Å². The minimum atomic E-state index is -0.0755. The van der Waals surface area contributed by atoms with E-state index in [0.717, 1.165) is 34.1 Å². The van der Waals surface area contributed by atoms with Gasteiger partial charge in [-0.25, -0.2) is 0 Å². The van der Waals surface area contributed by atoms with Gasteiger partial charge in [0.15, 0.2) is 0 Å². The van der Waals surface area contributed by atoms with Gasteiger partial charge in [0.1, 0.15) is 0 Å². The fraction of sp³-hybridized carbons (Fsp3) is 0. The first-order valence-electron chi connectivity index (χ1n) is 27.1. The second-order valence-electron chi connectivity index (χ2n) is 21.1. The van der Waals surface area contributed by atoms with E-state index in [1.165, 1.54) is 112 Å². The summed E-state index contributed by atoms with van der Waals surface area (Å²) in [5, 5.41) is 2.40.